The van der Waals surface area contributed by atoms with Gasteiger partial charge in [-0.3, -0.25) is 0 Å². The molecule has 0 heterocycles. The smallest absolute Gasteiger partial charge is 0.218 e. The number of hydrogen-bond donors (Lipinski definition) is 1. The van der Waals surface area contributed by atoms with E-state index >= 15 is 0 Å². The minimum Gasteiger partial charge on any atom is -0.391 e. The molecule has 1 aromatic rings. The van der Waals surface area contributed by atoms with Gasteiger partial charge in [0.25, 0.3) is 0 Å². The first-order chi connectivity index (χ1) is 9.29. The Morgan fingerprint density at radius 2 is 2.15 bits per heavy atom. The highest BCUT2D eigenvalue weighted by atomic mass is 35.5. The molecule has 0 bridgehead atoms. The molecule has 4 nitrogen and oxygen atoms in total. The fourth-order valence-electron chi connectivity index (χ4n) is 1.96. The fraction of sp³-hybridized carbons (Fsp3) is 0.538. The van der Waals surface area contributed by atoms with Crippen LogP contribution in [0.15, 0.2) is 18.2 Å². The van der Waals surface area contributed by atoms with Gasteiger partial charge in [0.2, 0.25) is 10.0 Å². The first kappa shape index (κ1) is 15.7. The summed E-state index contributed by atoms with van der Waals surface area (Å²) in [7, 11) is -2.11. The van der Waals surface area contributed by atoms with Crippen molar-refractivity contribution in [2.75, 3.05) is 13.6 Å². The Bertz CT molecular complexity index is 589. The minimum absolute atomic E-state index is 0.0852. The predicted octanol–water partition coefficient (Wildman–Crippen LogP) is 2.01. The van der Waals surface area contributed by atoms with Crippen LogP contribution in [0, 0.1) is 11.7 Å². The van der Waals surface area contributed by atoms with Gasteiger partial charge < -0.3 is 5.11 Å². The molecule has 1 aliphatic carbocycles. The van der Waals surface area contributed by atoms with Crippen molar-refractivity contribution in [1.82, 2.24) is 4.31 Å². The van der Waals surface area contributed by atoms with Gasteiger partial charge in [0, 0.05) is 13.6 Å². The Labute approximate surface area is 123 Å². The highest BCUT2D eigenvalue weighted by Gasteiger charge is 2.32. The number of rotatable bonds is 6. The summed E-state index contributed by atoms with van der Waals surface area (Å²) in [6.45, 7) is 0.0852. The lowest BCUT2D eigenvalue weighted by Gasteiger charge is -2.20. The van der Waals surface area contributed by atoms with Crippen LogP contribution in [0.3, 0.4) is 0 Å². The summed E-state index contributed by atoms with van der Waals surface area (Å²) in [5.74, 6) is -0.626. The van der Waals surface area contributed by atoms with E-state index < -0.39 is 21.9 Å². The number of likely N-dealkylation sites (N-methyl/N-ethyl adjacent to an activating group) is 1. The third kappa shape index (κ3) is 3.91. The van der Waals surface area contributed by atoms with Crippen molar-refractivity contribution in [2.45, 2.75) is 24.7 Å². The molecule has 112 valence electrons. The van der Waals surface area contributed by atoms with Crippen LogP contribution in [-0.2, 0) is 15.8 Å². The molecule has 0 saturated heterocycles. The zero-order valence-electron chi connectivity index (χ0n) is 11.1. The third-order valence-electron chi connectivity index (χ3n) is 3.42. The van der Waals surface area contributed by atoms with Crippen molar-refractivity contribution < 1.29 is 17.9 Å². The highest BCUT2D eigenvalue weighted by Crippen LogP contribution is 2.33. The molecule has 0 amide bonds. The van der Waals surface area contributed by atoms with Gasteiger partial charge in [0.15, 0.2) is 0 Å². The van der Waals surface area contributed by atoms with Gasteiger partial charge in [0.1, 0.15) is 5.82 Å². The lowest BCUT2D eigenvalue weighted by molar-refractivity contribution is 0.131. The van der Waals surface area contributed by atoms with Crippen LogP contribution >= 0.6 is 11.6 Å². The second-order valence-corrected chi connectivity index (χ2v) is 7.67. The maximum absolute atomic E-state index is 13.0. The molecule has 1 saturated carbocycles. The molecule has 1 aliphatic rings. The van der Waals surface area contributed by atoms with Gasteiger partial charge in [-0.25, -0.2) is 17.1 Å². The Kier molecular flexibility index (Phi) is 4.69. The summed E-state index contributed by atoms with van der Waals surface area (Å²) in [6, 6.07) is 3.84. The van der Waals surface area contributed by atoms with Crippen LogP contribution < -0.4 is 0 Å². The van der Waals surface area contributed by atoms with Crippen molar-refractivity contribution in [3.8, 4) is 0 Å². The van der Waals surface area contributed by atoms with Crippen LogP contribution in [0.25, 0.3) is 0 Å². The predicted molar refractivity (Wildman–Crippen MR) is 75.4 cm³/mol. The average Bonchev–Trinajstić information content (AvgIpc) is 3.17. The van der Waals surface area contributed by atoms with Gasteiger partial charge >= 0.3 is 0 Å². The van der Waals surface area contributed by atoms with Crippen LogP contribution in [-0.4, -0.2) is 37.5 Å². The molecular formula is C13H17ClFNO3S. The molecule has 0 aromatic heterocycles. The van der Waals surface area contributed by atoms with Crippen molar-refractivity contribution in [2.24, 2.45) is 5.92 Å². The molecule has 0 radical (unpaired) electrons. The lowest BCUT2D eigenvalue weighted by Crippen LogP contribution is -2.36. The van der Waals surface area contributed by atoms with E-state index in [2.05, 4.69) is 0 Å². The van der Waals surface area contributed by atoms with Crippen molar-refractivity contribution >= 4 is 21.6 Å². The van der Waals surface area contributed by atoms with E-state index in [9.17, 15) is 17.9 Å². The summed E-state index contributed by atoms with van der Waals surface area (Å²) in [5.41, 5.74) is 0.421. The molecule has 7 heteroatoms. The summed E-state index contributed by atoms with van der Waals surface area (Å²) < 4.78 is 38.5. The quantitative estimate of drug-likeness (QED) is 0.872. The molecule has 1 unspecified atom stereocenters. The topological polar surface area (TPSA) is 57.6 Å². The molecule has 2 rings (SSSR count). The normalized spacial score (nSPS) is 17.4. The van der Waals surface area contributed by atoms with Crippen LogP contribution in [0.2, 0.25) is 5.02 Å². The maximum atomic E-state index is 13.0. The summed E-state index contributed by atoms with van der Waals surface area (Å²) >= 11 is 5.63. The number of aliphatic hydroxyl groups excluding tert-OH is 1. The molecule has 20 heavy (non-hydrogen) atoms. The number of hydrogen-bond acceptors (Lipinski definition) is 3. The van der Waals surface area contributed by atoms with E-state index in [1.165, 1.54) is 19.2 Å². The number of sulfonamides is 1. The van der Waals surface area contributed by atoms with E-state index in [0.29, 0.717) is 5.56 Å². The van der Waals surface area contributed by atoms with E-state index in [1.807, 2.05) is 0 Å². The standard InChI is InChI=1S/C13H17ClFNO3S/c1-16(7-13(17)10-3-4-10)20(18,19)8-9-2-5-12(15)11(14)6-9/h2,5-6,10,13,17H,3-4,7-8H2,1H3. The van der Waals surface area contributed by atoms with Crippen molar-refractivity contribution in [1.29, 1.82) is 0 Å². The van der Waals surface area contributed by atoms with Gasteiger partial charge in [-0.15, -0.1) is 0 Å². The van der Waals surface area contributed by atoms with Gasteiger partial charge in [-0.1, -0.05) is 17.7 Å². The summed E-state index contributed by atoms with van der Waals surface area (Å²) in [6.07, 6.45) is 1.28. The maximum Gasteiger partial charge on any atom is 0.218 e. The SMILES string of the molecule is CN(CC(O)C1CC1)S(=O)(=O)Cc1ccc(F)c(Cl)c1. The zero-order chi connectivity index (χ0) is 14.9. The zero-order valence-corrected chi connectivity index (χ0v) is 12.7. The fourth-order valence-corrected chi connectivity index (χ4v) is 3.36. The Balaban J connectivity index is 2.03. The first-order valence-corrected chi connectivity index (χ1v) is 8.34. The van der Waals surface area contributed by atoms with Crippen LogP contribution in [0.4, 0.5) is 4.39 Å². The molecule has 0 aliphatic heterocycles. The van der Waals surface area contributed by atoms with E-state index in [4.69, 9.17) is 11.6 Å². The molecule has 1 atom stereocenters. The first-order valence-electron chi connectivity index (χ1n) is 6.35. The van der Waals surface area contributed by atoms with E-state index in [0.717, 1.165) is 23.2 Å². The summed E-state index contributed by atoms with van der Waals surface area (Å²) in [4.78, 5) is 0. The van der Waals surface area contributed by atoms with E-state index in [-0.39, 0.29) is 23.2 Å². The van der Waals surface area contributed by atoms with Crippen LogP contribution in [0.1, 0.15) is 18.4 Å². The molecular weight excluding hydrogens is 305 g/mol. The number of nitrogens with zero attached hydrogens (tertiary/aromatic N) is 1. The Hall–Kier alpha value is -0.690. The van der Waals surface area contributed by atoms with Crippen molar-refractivity contribution in [3.05, 3.63) is 34.6 Å². The van der Waals surface area contributed by atoms with E-state index in [1.54, 1.807) is 0 Å². The summed E-state index contributed by atoms with van der Waals surface area (Å²) in [5, 5.41) is 9.69. The molecule has 1 N–H and O–H groups in total. The number of aliphatic hydroxyl groups is 1. The average molecular weight is 322 g/mol. The Morgan fingerprint density at radius 1 is 1.50 bits per heavy atom. The minimum atomic E-state index is -3.55. The molecule has 1 aromatic carbocycles. The monoisotopic (exact) mass is 321 g/mol. The van der Waals surface area contributed by atoms with Crippen molar-refractivity contribution in [3.63, 3.8) is 0 Å². The highest BCUT2D eigenvalue weighted by molar-refractivity contribution is 7.88. The molecule has 0 spiro atoms. The van der Waals surface area contributed by atoms with Gasteiger partial charge in [-0.2, -0.15) is 0 Å². The largest absolute Gasteiger partial charge is 0.391 e. The third-order valence-corrected chi connectivity index (χ3v) is 5.50. The van der Waals surface area contributed by atoms with Gasteiger partial charge in [0.05, 0.1) is 16.9 Å². The second kappa shape index (κ2) is 5.97. The van der Waals surface area contributed by atoms with Crippen LogP contribution in [0.5, 0.6) is 0 Å². The Morgan fingerprint density at radius 3 is 2.70 bits per heavy atom. The number of benzene rings is 1. The molecule has 1 fully saturated rings. The second-order valence-electron chi connectivity index (χ2n) is 5.19. The van der Waals surface area contributed by atoms with Gasteiger partial charge in [-0.05, 0) is 36.5 Å². The lowest BCUT2D eigenvalue weighted by atomic mass is 10.2. The number of halogens is 2.